The molecule has 0 bridgehead atoms. The summed E-state index contributed by atoms with van der Waals surface area (Å²) in [5.41, 5.74) is 1.31. The molecule has 0 aliphatic carbocycles. The standard InChI is InChI=1S/C13H18N2S/c1-14-7-9-15(10-8-14)13(16)11-12-5-3-2-4-6-12/h2-6H,7-11H2,1H3. The highest BCUT2D eigenvalue weighted by molar-refractivity contribution is 7.80. The lowest BCUT2D eigenvalue weighted by molar-refractivity contribution is 0.216. The molecule has 0 saturated carbocycles. The first kappa shape index (κ1) is 11.6. The molecule has 0 N–H and O–H groups in total. The minimum absolute atomic E-state index is 0.903. The Kier molecular flexibility index (Phi) is 3.91. The van der Waals surface area contributed by atoms with E-state index < -0.39 is 0 Å². The van der Waals surface area contributed by atoms with Gasteiger partial charge < -0.3 is 9.80 Å². The Balaban J connectivity index is 1.89. The average molecular weight is 234 g/mol. The average Bonchev–Trinajstić information content (AvgIpc) is 2.31. The lowest BCUT2D eigenvalue weighted by atomic mass is 10.1. The number of hydrogen-bond donors (Lipinski definition) is 0. The van der Waals surface area contributed by atoms with Crippen molar-refractivity contribution in [1.82, 2.24) is 9.80 Å². The lowest BCUT2D eigenvalue weighted by Crippen LogP contribution is -2.47. The van der Waals surface area contributed by atoms with E-state index in [0.29, 0.717) is 0 Å². The van der Waals surface area contributed by atoms with E-state index in [1.165, 1.54) is 5.56 Å². The molecule has 2 rings (SSSR count). The number of nitrogens with zero attached hydrogens (tertiary/aromatic N) is 2. The maximum absolute atomic E-state index is 5.50. The van der Waals surface area contributed by atoms with Gasteiger partial charge >= 0.3 is 0 Å². The summed E-state index contributed by atoms with van der Waals surface area (Å²) < 4.78 is 0. The maximum Gasteiger partial charge on any atom is 0.0824 e. The van der Waals surface area contributed by atoms with E-state index in [1.807, 2.05) is 6.07 Å². The van der Waals surface area contributed by atoms with E-state index in [9.17, 15) is 0 Å². The van der Waals surface area contributed by atoms with Crippen molar-refractivity contribution in [3.05, 3.63) is 35.9 Å². The minimum Gasteiger partial charge on any atom is -0.363 e. The molecule has 86 valence electrons. The van der Waals surface area contributed by atoms with Gasteiger partial charge in [0.05, 0.1) is 4.99 Å². The van der Waals surface area contributed by atoms with Crippen LogP contribution in [0.5, 0.6) is 0 Å². The van der Waals surface area contributed by atoms with Crippen LogP contribution in [0, 0.1) is 0 Å². The van der Waals surface area contributed by atoms with Crippen LogP contribution < -0.4 is 0 Å². The van der Waals surface area contributed by atoms with Crippen LogP contribution in [0.15, 0.2) is 30.3 Å². The van der Waals surface area contributed by atoms with Crippen molar-refractivity contribution in [2.75, 3.05) is 33.2 Å². The van der Waals surface area contributed by atoms with Crippen LogP contribution in [-0.4, -0.2) is 48.0 Å². The zero-order valence-corrected chi connectivity index (χ0v) is 10.5. The molecule has 1 heterocycles. The van der Waals surface area contributed by atoms with Crippen molar-refractivity contribution in [2.24, 2.45) is 0 Å². The van der Waals surface area contributed by atoms with E-state index in [1.54, 1.807) is 0 Å². The number of piperazine rings is 1. The Labute approximate surface area is 103 Å². The number of likely N-dealkylation sites (N-methyl/N-ethyl adjacent to an activating group) is 1. The van der Waals surface area contributed by atoms with Gasteiger partial charge in [0.25, 0.3) is 0 Å². The zero-order chi connectivity index (χ0) is 11.4. The normalized spacial score (nSPS) is 17.4. The van der Waals surface area contributed by atoms with Crippen molar-refractivity contribution >= 4 is 17.2 Å². The monoisotopic (exact) mass is 234 g/mol. The molecule has 16 heavy (non-hydrogen) atoms. The summed E-state index contributed by atoms with van der Waals surface area (Å²) in [7, 11) is 2.16. The molecule has 2 nitrogen and oxygen atoms in total. The minimum atomic E-state index is 0.903. The second-order valence-corrected chi connectivity index (χ2v) is 4.82. The van der Waals surface area contributed by atoms with Crippen LogP contribution >= 0.6 is 12.2 Å². The molecule has 0 unspecified atom stereocenters. The third kappa shape index (κ3) is 3.03. The van der Waals surface area contributed by atoms with Crippen LogP contribution in [0.3, 0.4) is 0 Å². The van der Waals surface area contributed by atoms with Gasteiger partial charge in [-0.2, -0.15) is 0 Å². The third-order valence-corrected chi connectivity index (χ3v) is 3.46. The molecule has 1 fully saturated rings. The first-order valence-electron chi connectivity index (χ1n) is 5.76. The summed E-state index contributed by atoms with van der Waals surface area (Å²) in [6.45, 7) is 4.38. The fraction of sp³-hybridized carbons (Fsp3) is 0.462. The Morgan fingerprint density at radius 2 is 1.75 bits per heavy atom. The highest BCUT2D eigenvalue weighted by Crippen LogP contribution is 2.07. The highest BCUT2D eigenvalue weighted by atomic mass is 32.1. The predicted molar refractivity (Wildman–Crippen MR) is 71.8 cm³/mol. The number of thiocarbonyl (C=S) groups is 1. The van der Waals surface area contributed by atoms with Crippen LogP contribution in [0.2, 0.25) is 0 Å². The molecule has 1 aliphatic heterocycles. The van der Waals surface area contributed by atoms with E-state index in [2.05, 4.69) is 41.1 Å². The van der Waals surface area contributed by atoms with Crippen molar-refractivity contribution in [3.63, 3.8) is 0 Å². The van der Waals surface area contributed by atoms with Gasteiger partial charge in [-0.1, -0.05) is 42.5 Å². The Morgan fingerprint density at radius 3 is 2.38 bits per heavy atom. The largest absolute Gasteiger partial charge is 0.363 e. The van der Waals surface area contributed by atoms with Gasteiger partial charge in [-0.15, -0.1) is 0 Å². The SMILES string of the molecule is CN1CCN(C(=S)Cc2ccccc2)CC1. The quantitative estimate of drug-likeness (QED) is 0.721. The summed E-state index contributed by atoms with van der Waals surface area (Å²) in [5, 5.41) is 0. The van der Waals surface area contributed by atoms with Crippen molar-refractivity contribution in [1.29, 1.82) is 0 Å². The third-order valence-electron chi connectivity index (χ3n) is 3.05. The molecule has 1 saturated heterocycles. The topological polar surface area (TPSA) is 6.48 Å². The van der Waals surface area contributed by atoms with Crippen LogP contribution in [0.1, 0.15) is 5.56 Å². The first-order valence-corrected chi connectivity index (χ1v) is 6.17. The second kappa shape index (κ2) is 5.41. The van der Waals surface area contributed by atoms with Gasteiger partial charge in [0.2, 0.25) is 0 Å². The van der Waals surface area contributed by atoms with Gasteiger partial charge in [-0.3, -0.25) is 0 Å². The van der Waals surface area contributed by atoms with Gasteiger partial charge in [-0.05, 0) is 12.6 Å². The van der Waals surface area contributed by atoms with Gasteiger partial charge in [-0.25, -0.2) is 0 Å². The molecule has 3 heteroatoms. The summed E-state index contributed by atoms with van der Waals surface area (Å²) >= 11 is 5.50. The Morgan fingerprint density at radius 1 is 1.12 bits per heavy atom. The van der Waals surface area contributed by atoms with Crippen molar-refractivity contribution < 1.29 is 0 Å². The molecule has 0 spiro atoms. The molecular weight excluding hydrogens is 216 g/mol. The molecule has 1 aliphatic rings. The smallest absolute Gasteiger partial charge is 0.0824 e. The Hall–Kier alpha value is -0.930. The molecule has 0 amide bonds. The van der Waals surface area contributed by atoms with Crippen LogP contribution in [0.25, 0.3) is 0 Å². The lowest BCUT2D eigenvalue weighted by Gasteiger charge is -2.34. The zero-order valence-electron chi connectivity index (χ0n) is 9.72. The van der Waals surface area contributed by atoms with E-state index >= 15 is 0 Å². The van der Waals surface area contributed by atoms with Crippen LogP contribution in [-0.2, 0) is 6.42 Å². The highest BCUT2D eigenvalue weighted by Gasteiger charge is 2.15. The predicted octanol–water partition coefficient (Wildman–Crippen LogP) is 1.80. The van der Waals surface area contributed by atoms with E-state index in [-0.39, 0.29) is 0 Å². The van der Waals surface area contributed by atoms with E-state index in [4.69, 9.17) is 12.2 Å². The van der Waals surface area contributed by atoms with Gasteiger partial charge in [0.1, 0.15) is 0 Å². The molecule has 1 aromatic rings. The van der Waals surface area contributed by atoms with Gasteiger partial charge in [0, 0.05) is 32.6 Å². The summed E-state index contributed by atoms with van der Waals surface area (Å²) in [5.74, 6) is 0. The van der Waals surface area contributed by atoms with Crippen molar-refractivity contribution in [3.8, 4) is 0 Å². The summed E-state index contributed by atoms with van der Waals surface area (Å²) in [6.07, 6.45) is 0.903. The first-order chi connectivity index (χ1) is 7.75. The van der Waals surface area contributed by atoms with Crippen LogP contribution in [0.4, 0.5) is 0 Å². The molecule has 0 atom stereocenters. The molecule has 0 aromatic heterocycles. The van der Waals surface area contributed by atoms with E-state index in [0.717, 1.165) is 37.6 Å². The molecule has 1 aromatic carbocycles. The summed E-state index contributed by atoms with van der Waals surface area (Å²) in [4.78, 5) is 5.77. The second-order valence-electron chi connectivity index (χ2n) is 4.35. The Bertz CT molecular complexity index is 342. The molecular formula is C13H18N2S. The molecule has 0 radical (unpaired) electrons. The number of benzene rings is 1. The fourth-order valence-corrected chi connectivity index (χ4v) is 2.29. The fourth-order valence-electron chi connectivity index (χ4n) is 1.94. The van der Waals surface area contributed by atoms with Gasteiger partial charge in [0.15, 0.2) is 0 Å². The maximum atomic E-state index is 5.50. The number of hydrogen-bond acceptors (Lipinski definition) is 2. The summed E-state index contributed by atoms with van der Waals surface area (Å²) in [6, 6.07) is 10.5. The number of rotatable bonds is 2. The van der Waals surface area contributed by atoms with Crippen molar-refractivity contribution in [2.45, 2.75) is 6.42 Å².